The predicted octanol–water partition coefficient (Wildman–Crippen LogP) is -0.805. The molecular weight excluding hydrogens is 182 g/mol. The minimum Gasteiger partial charge on any atom is -0.385 e. The van der Waals surface area contributed by atoms with Crippen LogP contribution in [0.5, 0.6) is 0 Å². The van der Waals surface area contributed by atoms with Crippen LogP contribution >= 0.6 is 0 Å². The van der Waals surface area contributed by atoms with E-state index < -0.39 is 6.10 Å². The van der Waals surface area contributed by atoms with E-state index in [9.17, 15) is 5.11 Å². The highest BCUT2D eigenvalue weighted by molar-refractivity contribution is 4.93. The highest BCUT2D eigenvalue weighted by atomic mass is 16.3. The van der Waals surface area contributed by atoms with Crippen LogP contribution in [-0.4, -0.2) is 50.4 Å². The van der Waals surface area contributed by atoms with Gasteiger partial charge in [-0.1, -0.05) is 0 Å². The highest BCUT2D eigenvalue weighted by Gasteiger charge is 2.30. The molecule has 6 nitrogen and oxygen atoms in total. The van der Waals surface area contributed by atoms with Crippen molar-refractivity contribution in [3.8, 4) is 0 Å². The minimum atomic E-state index is -0.542. The molecule has 6 heteroatoms. The normalized spacial score (nSPS) is 25.5. The molecule has 0 amide bonds. The van der Waals surface area contributed by atoms with Gasteiger partial charge in [0.25, 0.3) is 0 Å². The summed E-state index contributed by atoms with van der Waals surface area (Å²) in [6, 6.07) is 0. The third-order valence-corrected chi connectivity index (χ3v) is 2.79. The lowest BCUT2D eigenvalue weighted by atomic mass is 10.0. The number of aliphatic hydroxyl groups is 1. The number of tetrazole rings is 1. The van der Waals surface area contributed by atoms with Gasteiger partial charge < -0.3 is 10.0 Å². The van der Waals surface area contributed by atoms with Crippen molar-refractivity contribution in [1.82, 2.24) is 25.1 Å². The maximum Gasteiger partial charge on any atom is 0.180 e. The molecule has 1 aliphatic rings. The molecule has 0 radical (unpaired) electrons. The Morgan fingerprint density at radius 3 is 2.79 bits per heavy atom. The fourth-order valence-electron chi connectivity index (χ4n) is 1.92. The second kappa shape index (κ2) is 3.62. The predicted molar refractivity (Wildman–Crippen MR) is 49.4 cm³/mol. The quantitative estimate of drug-likeness (QED) is 0.672. The Balaban J connectivity index is 2.09. The lowest BCUT2D eigenvalue weighted by Gasteiger charge is -2.15. The molecular formula is C8H15N5O. The maximum absolute atomic E-state index is 10.0. The molecule has 2 heterocycles. The smallest absolute Gasteiger partial charge is 0.180 e. The molecule has 0 spiro atoms. The van der Waals surface area contributed by atoms with Crippen LogP contribution in [0.2, 0.25) is 0 Å². The molecule has 78 valence electrons. The van der Waals surface area contributed by atoms with Gasteiger partial charge in [0.2, 0.25) is 0 Å². The van der Waals surface area contributed by atoms with E-state index in [-0.39, 0.29) is 5.92 Å². The molecule has 0 aliphatic carbocycles. The fourth-order valence-corrected chi connectivity index (χ4v) is 1.92. The van der Waals surface area contributed by atoms with Crippen LogP contribution in [0.4, 0.5) is 0 Å². The van der Waals surface area contributed by atoms with Gasteiger partial charge in [0, 0.05) is 19.5 Å². The van der Waals surface area contributed by atoms with Gasteiger partial charge in [0.1, 0.15) is 6.10 Å². The summed E-state index contributed by atoms with van der Waals surface area (Å²) in [7, 11) is 3.80. The van der Waals surface area contributed by atoms with Gasteiger partial charge in [-0.25, -0.2) is 4.68 Å². The molecule has 0 bridgehead atoms. The fraction of sp³-hybridized carbons (Fsp3) is 0.875. The second-order valence-electron chi connectivity index (χ2n) is 3.92. The summed E-state index contributed by atoms with van der Waals surface area (Å²) in [5, 5.41) is 21.1. The van der Waals surface area contributed by atoms with Crippen molar-refractivity contribution in [2.24, 2.45) is 13.0 Å². The Morgan fingerprint density at radius 1 is 1.50 bits per heavy atom. The zero-order valence-corrected chi connectivity index (χ0v) is 8.46. The lowest BCUT2D eigenvalue weighted by molar-refractivity contribution is 0.100. The summed E-state index contributed by atoms with van der Waals surface area (Å²) in [6.45, 7) is 1.95. The van der Waals surface area contributed by atoms with Crippen molar-refractivity contribution in [3.05, 3.63) is 5.82 Å². The molecule has 2 atom stereocenters. The largest absolute Gasteiger partial charge is 0.385 e. The topological polar surface area (TPSA) is 67.1 Å². The number of rotatable bonds is 2. The van der Waals surface area contributed by atoms with Crippen LogP contribution in [0.25, 0.3) is 0 Å². The van der Waals surface area contributed by atoms with Crippen molar-refractivity contribution < 1.29 is 5.11 Å². The number of likely N-dealkylation sites (tertiary alicyclic amines) is 1. The van der Waals surface area contributed by atoms with Crippen molar-refractivity contribution in [3.63, 3.8) is 0 Å². The Labute approximate surface area is 82.5 Å². The lowest BCUT2D eigenvalue weighted by Crippen LogP contribution is -2.20. The Bertz CT molecular complexity index is 312. The molecule has 0 saturated carbocycles. The summed E-state index contributed by atoms with van der Waals surface area (Å²) in [4.78, 5) is 2.21. The van der Waals surface area contributed by atoms with Gasteiger partial charge in [-0.2, -0.15) is 0 Å². The van der Waals surface area contributed by atoms with Gasteiger partial charge in [0.15, 0.2) is 5.82 Å². The van der Waals surface area contributed by atoms with Crippen LogP contribution in [0.15, 0.2) is 0 Å². The summed E-state index contributed by atoms with van der Waals surface area (Å²) >= 11 is 0. The number of aromatic nitrogens is 4. The van der Waals surface area contributed by atoms with E-state index in [0.29, 0.717) is 5.82 Å². The zero-order valence-electron chi connectivity index (χ0n) is 8.46. The van der Waals surface area contributed by atoms with Crippen molar-refractivity contribution in [2.45, 2.75) is 12.5 Å². The molecule has 1 aliphatic heterocycles. The number of hydrogen-bond acceptors (Lipinski definition) is 5. The van der Waals surface area contributed by atoms with E-state index >= 15 is 0 Å². The van der Waals surface area contributed by atoms with Crippen molar-refractivity contribution in [2.75, 3.05) is 20.1 Å². The van der Waals surface area contributed by atoms with E-state index in [2.05, 4.69) is 27.5 Å². The van der Waals surface area contributed by atoms with E-state index in [1.165, 1.54) is 4.68 Å². The standard InChI is InChI=1S/C8H15N5O/c1-12-4-3-6(5-12)7(14)8-9-10-11-13(8)2/h6-7,14H,3-5H2,1-2H3. The van der Waals surface area contributed by atoms with Crippen LogP contribution in [-0.2, 0) is 7.05 Å². The van der Waals surface area contributed by atoms with Gasteiger partial charge in [0.05, 0.1) is 0 Å². The summed E-state index contributed by atoms with van der Waals surface area (Å²) in [5.74, 6) is 0.815. The first-order chi connectivity index (χ1) is 6.68. The summed E-state index contributed by atoms with van der Waals surface area (Å²) in [5.41, 5.74) is 0. The van der Waals surface area contributed by atoms with Crippen LogP contribution in [0.1, 0.15) is 18.3 Å². The molecule has 1 N–H and O–H groups in total. The van der Waals surface area contributed by atoms with Crippen LogP contribution < -0.4 is 0 Å². The van der Waals surface area contributed by atoms with Crippen molar-refractivity contribution >= 4 is 0 Å². The van der Waals surface area contributed by atoms with Gasteiger partial charge >= 0.3 is 0 Å². The van der Waals surface area contributed by atoms with Gasteiger partial charge in [-0.15, -0.1) is 5.10 Å². The average Bonchev–Trinajstić information content (AvgIpc) is 2.73. The third kappa shape index (κ3) is 1.62. The molecule has 1 saturated heterocycles. The highest BCUT2D eigenvalue weighted by Crippen LogP contribution is 2.27. The number of hydrogen-bond donors (Lipinski definition) is 1. The third-order valence-electron chi connectivity index (χ3n) is 2.79. The summed E-state index contributed by atoms with van der Waals surface area (Å²) in [6.07, 6.45) is 0.463. The van der Waals surface area contributed by atoms with E-state index in [0.717, 1.165) is 19.5 Å². The molecule has 1 aromatic heterocycles. The molecule has 2 rings (SSSR count). The molecule has 2 unspecified atom stereocenters. The number of nitrogens with zero attached hydrogens (tertiary/aromatic N) is 5. The van der Waals surface area contributed by atoms with Crippen LogP contribution in [0, 0.1) is 5.92 Å². The zero-order chi connectivity index (χ0) is 10.1. The Morgan fingerprint density at radius 2 is 2.29 bits per heavy atom. The SMILES string of the molecule is CN1CCC(C(O)c2nnnn2C)C1. The van der Waals surface area contributed by atoms with E-state index in [1.54, 1.807) is 7.05 Å². The maximum atomic E-state index is 10.0. The summed E-state index contributed by atoms with van der Waals surface area (Å²) < 4.78 is 1.53. The van der Waals surface area contributed by atoms with Gasteiger partial charge in [-0.05, 0) is 30.4 Å². The van der Waals surface area contributed by atoms with E-state index in [1.807, 2.05) is 0 Å². The van der Waals surface area contributed by atoms with Gasteiger partial charge in [-0.3, -0.25) is 0 Å². The van der Waals surface area contributed by atoms with E-state index in [4.69, 9.17) is 0 Å². The number of aliphatic hydroxyl groups excluding tert-OH is 1. The Hall–Kier alpha value is -1.01. The second-order valence-corrected chi connectivity index (χ2v) is 3.92. The molecule has 1 aromatic rings. The monoisotopic (exact) mass is 197 g/mol. The first kappa shape index (κ1) is 9.54. The first-order valence-electron chi connectivity index (χ1n) is 4.77. The minimum absolute atomic E-state index is 0.254. The number of aryl methyl sites for hydroxylation is 1. The molecule has 14 heavy (non-hydrogen) atoms. The van der Waals surface area contributed by atoms with Crippen molar-refractivity contribution in [1.29, 1.82) is 0 Å². The molecule has 0 aromatic carbocycles. The average molecular weight is 197 g/mol. The van der Waals surface area contributed by atoms with Crippen LogP contribution in [0.3, 0.4) is 0 Å². The Kier molecular flexibility index (Phi) is 2.47. The first-order valence-corrected chi connectivity index (χ1v) is 4.77. The molecule has 1 fully saturated rings.